The molecule has 0 aliphatic rings. The summed E-state index contributed by atoms with van der Waals surface area (Å²) in [5.41, 5.74) is 3.78. The third-order valence-corrected chi connectivity index (χ3v) is 4.33. The van der Waals surface area contributed by atoms with Crippen molar-refractivity contribution in [2.75, 3.05) is 0 Å². The van der Waals surface area contributed by atoms with E-state index in [-0.39, 0.29) is 5.56 Å². The molecule has 0 amide bonds. The number of aromatic nitrogens is 2. The fourth-order valence-corrected chi connectivity index (χ4v) is 2.94. The number of nitrogens with zero attached hydrogens (tertiary/aromatic N) is 2. The van der Waals surface area contributed by atoms with E-state index in [2.05, 4.69) is 10.2 Å². The van der Waals surface area contributed by atoms with Crippen LogP contribution < -0.4 is 0 Å². The molecule has 4 nitrogen and oxygen atoms in total. The summed E-state index contributed by atoms with van der Waals surface area (Å²) < 4.78 is 0. The maximum absolute atomic E-state index is 11.5. The number of aryl methyl sites for hydroxylation is 3. The summed E-state index contributed by atoms with van der Waals surface area (Å²) in [6.07, 6.45) is 0. The molecule has 0 aliphatic carbocycles. The molecule has 0 aliphatic heterocycles. The van der Waals surface area contributed by atoms with E-state index in [0.717, 1.165) is 16.0 Å². The number of aromatic carboxylic acids is 1. The Morgan fingerprint density at radius 3 is 2.50 bits per heavy atom. The highest BCUT2D eigenvalue weighted by Crippen LogP contribution is 2.33. The van der Waals surface area contributed by atoms with E-state index < -0.39 is 5.97 Å². The van der Waals surface area contributed by atoms with E-state index in [9.17, 15) is 9.90 Å². The van der Waals surface area contributed by atoms with E-state index in [4.69, 9.17) is 0 Å². The van der Waals surface area contributed by atoms with Crippen LogP contribution in [0.25, 0.3) is 0 Å². The molecular formula is C15H16N2O2S. The molecule has 1 heterocycles. The van der Waals surface area contributed by atoms with Crippen LogP contribution >= 0.6 is 11.8 Å². The van der Waals surface area contributed by atoms with Crippen LogP contribution in [0.4, 0.5) is 0 Å². The number of carboxylic acid groups (broad SMARTS) is 1. The van der Waals surface area contributed by atoms with Gasteiger partial charge in [0, 0.05) is 4.90 Å². The summed E-state index contributed by atoms with van der Waals surface area (Å²) in [7, 11) is 0. The van der Waals surface area contributed by atoms with Gasteiger partial charge in [0.25, 0.3) is 0 Å². The molecule has 0 saturated heterocycles. The molecule has 1 aromatic heterocycles. The van der Waals surface area contributed by atoms with Crippen LogP contribution in [0.3, 0.4) is 0 Å². The molecule has 1 aromatic carbocycles. The molecule has 2 aromatic rings. The zero-order chi connectivity index (χ0) is 14.9. The van der Waals surface area contributed by atoms with Crippen LogP contribution in [0, 0.1) is 27.7 Å². The Balaban J connectivity index is 2.51. The normalized spacial score (nSPS) is 10.6. The Labute approximate surface area is 122 Å². The van der Waals surface area contributed by atoms with Crippen molar-refractivity contribution < 1.29 is 9.90 Å². The van der Waals surface area contributed by atoms with E-state index >= 15 is 0 Å². The maximum Gasteiger partial charge on any atom is 0.338 e. The predicted octanol–water partition coefficient (Wildman–Crippen LogP) is 3.56. The first-order chi connectivity index (χ1) is 9.40. The molecule has 0 fully saturated rings. The molecule has 0 spiro atoms. The van der Waals surface area contributed by atoms with Gasteiger partial charge in [0.1, 0.15) is 5.03 Å². The van der Waals surface area contributed by atoms with Gasteiger partial charge < -0.3 is 5.11 Å². The largest absolute Gasteiger partial charge is 0.478 e. The van der Waals surface area contributed by atoms with Crippen LogP contribution in [0.5, 0.6) is 0 Å². The summed E-state index contributed by atoms with van der Waals surface area (Å²) in [6, 6.07) is 6.08. The van der Waals surface area contributed by atoms with Crippen molar-refractivity contribution in [3.05, 3.63) is 46.1 Å². The Bertz CT molecular complexity index is 684. The number of carbonyl (C=O) groups is 1. The number of hydrogen-bond donors (Lipinski definition) is 1. The van der Waals surface area contributed by atoms with Crippen LogP contribution in [-0.4, -0.2) is 21.3 Å². The smallest absolute Gasteiger partial charge is 0.338 e. The fraction of sp³-hybridized carbons (Fsp3) is 0.267. The molecule has 0 radical (unpaired) electrons. The second kappa shape index (κ2) is 5.63. The summed E-state index contributed by atoms with van der Waals surface area (Å²) in [5, 5.41) is 17.9. The van der Waals surface area contributed by atoms with Gasteiger partial charge in [0.15, 0.2) is 0 Å². The molecule has 0 saturated carbocycles. The zero-order valence-electron chi connectivity index (χ0n) is 11.9. The molecule has 20 heavy (non-hydrogen) atoms. The van der Waals surface area contributed by atoms with E-state index in [0.29, 0.717) is 16.3 Å². The first-order valence-corrected chi connectivity index (χ1v) is 7.04. The van der Waals surface area contributed by atoms with Crippen molar-refractivity contribution in [3.8, 4) is 0 Å². The molecule has 5 heteroatoms. The van der Waals surface area contributed by atoms with Crippen LogP contribution in [0.15, 0.2) is 28.1 Å². The monoisotopic (exact) mass is 288 g/mol. The molecule has 2 rings (SSSR count). The predicted molar refractivity (Wildman–Crippen MR) is 78.5 cm³/mol. The van der Waals surface area contributed by atoms with Crippen molar-refractivity contribution >= 4 is 17.7 Å². The molecule has 0 bridgehead atoms. The van der Waals surface area contributed by atoms with Crippen molar-refractivity contribution in [1.82, 2.24) is 10.2 Å². The third-order valence-electron chi connectivity index (χ3n) is 3.19. The van der Waals surface area contributed by atoms with Crippen LogP contribution in [-0.2, 0) is 0 Å². The van der Waals surface area contributed by atoms with Gasteiger partial charge in [0.05, 0.1) is 11.3 Å². The maximum atomic E-state index is 11.5. The Morgan fingerprint density at radius 2 is 1.85 bits per heavy atom. The van der Waals surface area contributed by atoms with Gasteiger partial charge in [-0.3, -0.25) is 0 Å². The second-order valence-corrected chi connectivity index (χ2v) is 5.80. The van der Waals surface area contributed by atoms with Gasteiger partial charge in [-0.05, 0) is 50.5 Å². The minimum atomic E-state index is -0.965. The highest BCUT2D eigenvalue weighted by Gasteiger charge is 2.19. The quantitative estimate of drug-likeness (QED) is 0.935. The third kappa shape index (κ3) is 2.82. The highest BCUT2D eigenvalue weighted by atomic mass is 32.2. The van der Waals surface area contributed by atoms with Gasteiger partial charge in [-0.1, -0.05) is 23.9 Å². The minimum absolute atomic E-state index is 0.239. The van der Waals surface area contributed by atoms with Crippen molar-refractivity contribution in [1.29, 1.82) is 0 Å². The second-order valence-electron chi connectivity index (χ2n) is 4.77. The number of carboxylic acids is 1. The van der Waals surface area contributed by atoms with Gasteiger partial charge in [-0.25, -0.2) is 4.79 Å². The molecule has 104 valence electrons. The lowest BCUT2D eigenvalue weighted by Gasteiger charge is -2.10. The summed E-state index contributed by atoms with van der Waals surface area (Å²) >= 11 is 1.35. The summed E-state index contributed by atoms with van der Waals surface area (Å²) in [6.45, 7) is 7.53. The Morgan fingerprint density at radius 1 is 1.15 bits per heavy atom. The summed E-state index contributed by atoms with van der Waals surface area (Å²) in [4.78, 5) is 12.5. The first kappa shape index (κ1) is 14.5. The van der Waals surface area contributed by atoms with Gasteiger partial charge in [0.2, 0.25) is 0 Å². The molecule has 0 atom stereocenters. The first-order valence-electron chi connectivity index (χ1n) is 6.22. The summed E-state index contributed by atoms with van der Waals surface area (Å²) in [5.74, 6) is -0.965. The van der Waals surface area contributed by atoms with E-state index in [1.54, 1.807) is 13.8 Å². The lowest BCUT2D eigenvalue weighted by atomic mass is 10.1. The average Bonchev–Trinajstić information content (AvgIpc) is 2.38. The van der Waals surface area contributed by atoms with E-state index in [1.165, 1.54) is 11.8 Å². The van der Waals surface area contributed by atoms with Crippen LogP contribution in [0.1, 0.15) is 32.7 Å². The average molecular weight is 288 g/mol. The fourth-order valence-electron chi connectivity index (χ4n) is 1.83. The number of rotatable bonds is 3. The number of benzene rings is 1. The lowest BCUT2D eigenvalue weighted by Crippen LogP contribution is -2.08. The molecule has 0 unspecified atom stereocenters. The molecule has 1 N–H and O–H groups in total. The van der Waals surface area contributed by atoms with Crippen LogP contribution in [0.2, 0.25) is 0 Å². The van der Waals surface area contributed by atoms with Crippen molar-refractivity contribution in [2.24, 2.45) is 0 Å². The van der Waals surface area contributed by atoms with Gasteiger partial charge >= 0.3 is 5.97 Å². The molecular weight excluding hydrogens is 272 g/mol. The highest BCUT2D eigenvalue weighted by molar-refractivity contribution is 7.99. The standard InChI is InChI=1S/C15H16N2O2S/c1-8-5-6-9(2)12(7-8)20-14-13(15(18)19)10(3)11(4)16-17-14/h5-7H,1-4H3,(H,18,19). The minimum Gasteiger partial charge on any atom is -0.478 e. The lowest BCUT2D eigenvalue weighted by molar-refractivity contribution is 0.0690. The van der Waals surface area contributed by atoms with Crippen molar-refractivity contribution in [3.63, 3.8) is 0 Å². The van der Waals surface area contributed by atoms with Gasteiger partial charge in [-0.15, -0.1) is 5.10 Å². The zero-order valence-corrected chi connectivity index (χ0v) is 12.7. The topological polar surface area (TPSA) is 63.1 Å². The van der Waals surface area contributed by atoms with Crippen molar-refractivity contribution in [2.45, 2.75) is 37.6 Å². The Hall–Kier alpha value is -1.88. The SMILES string of the molecule is Cc1ccc(C)c(Sc2nnc(C)c(C)c2C(=O)O)c1. The Kier molecular flexibility index (Phi) is 4.09. The van der Waals surface area contributed by atoms with E-state index in [1.807, 2.05) is 32.0 Å². The van der Waals surface area contributed by atoms with Gasteiger partial charge in [-0.2, -0.15) is 5.10 Å². The number of hydrogen-bond acceptors (Lipinski definition) is 4.